The maximum absolute atomic E-state index is 11.6. The zero-order chi connectivity index (χ0) is 19.2. The van der Waals surface area contributed by atoms with Gasteiger partial charge < -0.3 is 19.7 Å². The number of hydrogen-bond donors (Lipinski definition) is 2. The summed E-state index contributed by atoms with van der Waals surface area (Å²) in [4.78, 5) is 11.6. The number of unbranched alkanes of at least 4 members (excludes halogenated alkanes) is 4. The highest BCUT2D eigenvalue weighted by Gasteiger charge is 2.28. The summed E-state index contributed by atoms with van der Waals surface area (Å²) in [7, 11) is 0. The minimum atomic E-state index is -1.53. The molecule has 0 aliphatic carbocycles. The molecule has 0 heterocycles. The van der Waals surface area contributed by atoms with Crippen LogP contribution in [0.5, 0.6) is 0 Å². The Morgan fingerprint density at radius 1 is 1.04 bits per heavy atom. The van der Waals surface area contributed by atoms with Crippen molar-refractivity contribution in [3.05, 3.63) is 35.9 Å². The molecule has 1 aromatic rings. The van der Waals surface area contributed by atoms with Gasteiger partial charge in [-0.25, -0.2) is 4.79 Å². The van der Waals surface area contributed by atoms with Gasteiger partial charge >= 0.3 is 5.97 Å². The summed E-state index contributed by atoms with van der Waals surface area (Å²) in [5.74, 6) is -0.787. The Morgan fingerprint density at radius 3 is 2.38 bits per heavy atom. The van der Waals surface area contributed by atoms with Gasteiger partial charge in [-0.3, -0.25) is 0 Å². The normalized spacial score (nSPS) is 14.6. The van der Waals surface area contributed by atoms with Crippen molar-refractivity contribution in [3.63, 3.8) is 0 Å². The summed E-state index contributed by atoms with van der Waals surface area (Å²) in [6, 6.07) is 9.84. The first-order chi connectivity index (χ1) is 12.6. The number of hydrogen-bond acceptors (Lipinski definition) is 5. The van der Waals surface area contributed by atoms with Crippen molar-refractivity contribution in [2.45, 2.75) is 83.7 Å². The van der Waals surface area contributed by atoms with Crippen molar-refractivity contribution in [3.8, 4) is 0 Å². The molecule has 0 saturated carbocycles. The summed E-state index contributed by atoms with van der Waals surface area (Å²) in [5, 5.41) is 20.1. The minimum Gasteiger partial charge on any atom is -0.464 e. The van der Waals surface area contributed by atoms with E-state index in [2.05, 4.69) is 6.92 Å². The lowest BCUT2D eigenvalue weighted by atomic mass is 10.0. The molecule has 0 spiro atoms. The zero-order valence-corrected chi connectivity index (χ0v) is 16.1. The van der Waals surface area contributed by atoms with E-state index in [1.807, 2.05) is 30.3 Å². The quantitative estimate of drug-likeness (QED) is 0.389. The molecule has 1 rings (SSSR count). The molecule has 0 aliphatic rings. The van der Waals surface area contributed by atoms with Gasteiger partial charge in [0, 0.05) is 6.42 Å². The van der Waals surface area contributed by atoms with Crippen LogP contribution in [0.25, 0.3) is 0 Å². The topological polar surface area (TPSA) is 76.0 Å². The molecule has 5 nitrogen and oxygen atoms in total. The summed E-state index contributed by atoms with van der Waals surface area (Å²) in [6.45, 7) is 4.47. The third kappa shape index (κ3) is 9.32. The van der Waals surface area contributed by atoms with Crippen LogP contribution in [0, 0.1) is 0 Å². The summed E-state index contributed by atoms with van der Waals surface area (Å²) >= 11 is 0. The van der Waals surface area contributed by atoms with E-state index in [0.717, 1.165) is 24.8 Å². The molecule has 148 valence electrons. The van der Waals surface area contributed by atoms with Gasteiger partial charge in [0.05, 0.1) is 25.4 Å². The Labute approximate surface area is 157 Å². The Hall–Kier alpha value is -1.43. The van der Waals surface area contributed by atoms with Crippen LogP contribution in [0.3, 0.4) is 0 Å². The lowest BCUT2D eigenvalue weighted by Gasteiger charge is -2.23. The predicted octanol–water partition coefficient (Wildman–Crippen LogP) is 3.61. The first-order valence-corrected chi connectivity index (χ1v) is 9.76. The van der Waals surface area contributed by atoms with Gasteiger partial charge in [0.15, 0.2) is 6.10 Å². The van der Waals surface area contributed by atoms with Crippen molar-refractivity contribution in [1.29, 1.82) is 0 Å². The predicted molar refractivity (Wildman–Crippen MR) is 102 cm³/mol. The second kappa shape index (κ2) is 13.7. The summed E-state index contributed by atoms with van der Waals surface area (Å²) in [6.07, 6.45) is 3.80. The Bertz CT molecular complexity index is 477. The lowest BCUT2D eigenvalue weighted by Crippen LogP contribution is -2.38. The first-order valence-electron chi connectivity index (χ1n) is 9.76. The van der Waals surface area contributed by atoms with Crippen molar-refractivity contribution >= 4 is 5.97 Å². The number of aliphatic hydroxyl groups excluding tert-OH is 2. The lowest BCUT2D eigenvalue weighted by molar-refractivity contribution is -0.160. The van der Waals surface area contributed by atoms with E-state index in [1.54, 1.807) is 6.92 Å². The maximum atomic E-state index is 11.6. The molecule has 5 heteroatoms. The van der Waals surface area contributed by atoms with Crippen LogP contribution in [0.2, 0.25) is 0 Å². The van der Waals surface area contributed by atoms with Crippen molar-refractivity contribution in [2.24, 2.45) is 0 Å². The number of carbonyl (C=O) groups is 1. The van der Waals surface area contributed by atoms with Gasteiger partial charge in [-0.15, -0.1) is 0 Å². The molecule has 1 unspecified atom stereocenters. The molecule has 26 heavy (non-hydrogen) atoms. The van der Waals surface area contributed by atoms with E-state index in [1.165, 1.54) is 19.3 Å². The number of benzene rings is 1. The van der Waals surface area contributed by atoms with Crippen LogP contribution in [0.4, 0.5) is 0 Å². The molecule has 3 atom stereocenters. The van der Waals surface area contributed by atoms with Crippen LogP contribution in [0.15, 0.2) is 30.3 Å². The van der Waals surface area contributed by atoms with E-state index in [0.29, 0.717) is 6.61 Å². The Balaban J connectivity index is 2.53. The number of ether oxygens (including phenoxy) is 2. The van der Waals surface area contributed by atoms with Crippen LogP contribution in [0.1, 0.15) is 64.4 Å². The van der Waals surface area contributed by atoms with E-state index >= 15 is 0 Å². The second-order valence-electron chi connectivity index (χ2n) is 6.62. The van der Waals surface area contributed by atoms with E-state index in [-0.39, 0.29) is 19.1 Å². The van der Waals surface area contributed by atoms with Crippen LogP contribution >= 0.6 is 0 Å². The molecule has 0 amide bonds. The number of carbonyl (C=O) groups excluding carboxylic acids is 1. The molecular formula is C21H34O5. The third-order valence-electron chi connectivity index (χ3n) is 4.36. The van der Waals surface area contributed by atoms with Crippen molar-refractivity contribution in [1.82, 2.24) is 0 Å². The van der Waals surface area contributed by atoms with Gasteiger partial charge in [-0.05, 0) is 18.9 Å². The molecule has 0 aromatic heterocycles. The highest BCUT2D eigenvalue weighted by molar-refractivity contribution is 5.75. The van der Waals surface area contributed by atoms with Crippen LogP contribution in [-0.2, 0) is 20.9 Å². The van der Waals surface area contributed by atoms with Gasteiger partial charge in [0.2, 0.25) is 0 Å². The fourth-order valence-electron chi connectivity index (χ4n) is 2.82. The highest BCUT2D eigenvalue weighted by atomic mass is 16.5. The molecular weight excluding hydrogens is 332 g/mol. The van der Waals surface area contributed by atoms with E-state index < -0.39 is 18.2 Å². The molecule has 2 N–H and O–H groups in total. The number of esters is 1. The Kier molecular flexibility index (Phi) is 11.9. The summed E-state index contributed by atoms with van der Waals surface area (Å²) < 4.78 is 10.7. The average molecular weight is 366 g/mol. The highest BCUT2D eigenvalue weighted by Crippen LogP contribution is 2.17. The molecule has 0 saturated heterocycles. The fourth-order valence-corrected chi connectivity index (χ4v) is 2.82. The van der Waals surface area contributed by atoms with Crippen LogP contribution in [-0.4, -0.2) is 41.1 Å². The monoisotopic (exact) mass is 366 g/mol. The molecule has 0 aliphatic heterocycles. The SMILES string of the molecule is CCCCCCCC(C[C@@H](O)[C@H](O)C(=O)OCC)OCc1ccccc1. The zero-order valence-electron chi connectivity index (χ0n) is 16.1. The van der Waals surface area contributed by atoms with Crippen LogP contribution < -0.4 is 0 Å². The second-order valence-corrected chi connectivity index (χ2v) is 6.62. The van der Waals surface area contributed by atoms with Gasteiger partial charge in [0.1, 0.15) is 0 Å². The van der Waals surface area contributed by atoms with Gasteiger partial charge in [-0.2, -0.15) is 0 Å². The first kappa shape index (κ1) is 22.6. The molecule has 1 aromatic carbocycles. The summed E-state index contributed by atoms with van der Waals surface area (Å²) in [5.41, 5.74) is 1.06. The van der Waals surface area contributed by atoms with Gasteiger partial charge in [-0.1, -0.05) is 69.4 Å². The minimum absolute atomic E-state index is 0.175. The number of aliphatic hydroxyl groups is 2. The van der Waals surface area contributed by atoms with E-state index in [4.69, 9.17) is 9.47 Å². The smallest absolute Gasteiger partial charge is 0.337 e. The average Bonchev–Trinajstić information content (AvgIpc) is 2.66. The molecule has 0 fully saturated rings. The molecule has 0 radical (unpaired) electrons. The van der Waals surface area contributed by atoms with Gasteiger partial charge in [0.25, 0.3) is 0 Å². The standard InChI is InChI=1S/C21H34O5/c1-3-5-6-7-11-14-18(26-16-17-12-9-8-10-13-17)15-19(22)20(23)21(24)25-4-2/h8-10,12-13,18-20,22-23H,3-7,11,14-16H2,1-2H3/t18?,19-,20+/m1/s1. The largest absolute Gasteiger partial charge is 0.464 e. The van der Waals surface area contributed by atoms with E-state index in [9.17, 15) is 15.0 Å². The third-order valence-corrected chi connectivity index (χ3v) is 4.36. The molecule has 0 bridgehead atoms. The fraction of sp³-hybridized carbons (Fsp3) is 0.667. The van der Waals surface area contributed by atoms with Crippen molar-refractivity contribution < 1.29 is 24.5 Å². The Morgan fingerprint density at radius 2 is 1.73 bits per heavy atom. The number of rotatable bonds is 14. The maximum Gasteiger partial charge on any atom is 0.337 e. The van der Waals surface area contributed by atoms with Crippen molar-refractivity contribution in [2.75, 3.05) is 6.61 Å².